The Kier molecular flexibility index (Phi) is 5.67. The maximum Gasteiger partial charge on any atom is 0.308 e. The van der Waals surface area contributed by atoms with E-state index in [0.717, 1.165) is 30.6 Å². The van der Waals surface area contributed by atoms with Gasteiger partial charge in [-0.05, 0) is 12.5 Å². The van der Waals surface area contributed by atoms with Crippen LogP contribution in [0.3, 0.4) is 0 Å². The van der Waals surface area contributed by atoms with Crippen molar-refractivity contribution in [1.82, 2.24) is 0 Å². The Morgan fingerprint density at radius 1 is 1.35 bits per heavy atom. The first kappa shape index (κ1) is 13.7. The molecule has 0 saturated heterocycles. The van der Waals surface area contributed by atoms with Gasteiger partial charge in [-0.3, -0.25) is 4.79 Å². The molecule has 94 valence electrons. The third-order valence-electron chi connectivity index (χ3n) is 2.96. The monoisotopic (exact) mass is 236 g/mol. The third kappa shape index (κ3) is 4.17. The average Bonchev–Trinajstić information content (AvgIpc) is 2.29. The summed E-state index contributed by atoms with van der Waals surface area (Å²) in [5.41, 5.74) is 2.10. The van der Waals surface area contributed by atoms with Gasteiger partial charge in [-0.15, -0.1) is 0 Å². The van der Waals surface area contributed by atoms with Crippen LogP contribution in [0.25, 0.3) is 0 Å². The molecule has 0 aliphatic rings. The van der Waals surface area contributed by atoms with E-state index < -0.39 is 5.97 Å². The normalized spacial score (nSPS) is 10.5. The molecule has 1 N–H and O–H groups in total. The number of carbonyl (C=O) groups is 1. The minimum absolute atomic E-state index is 0.123. The quantitative estimate of drug-likeness (QED) is 0.583. The largest absolute Gasteiger partial charge is 0.481 e. The average molecular weight is 236 g/mol. The highest BCUT2D eigenvalue weighted by Crippen LogP contribution is 2.07. The maximum absolute atomic E-state index is 10.8. The number of pyridine rings is 1. The molecule has 0 aromatic carbocycles. The first-order valence-electron chi connectivity index (χ1n) is 6.41. The van der Waals surface area contributed by atoms with Gasteiger partial charge in [0.05, 0.1) is 6.42 Å². The lowest BCUT2D eigenvalue weighted by molar-refractivity contribution is -0.704. The van der Waals surface area contributed by atoms with Gasteiger partial charge >= 0.3 is 5.97 Å². The van der Waals surface area contributed by atoms with E-state index in [-0.39, 0.29) is 6.42 Å². The predicted octanol–water partition coefficient (Wildman–Crippen LogP) is 2.35. The van der Waals surface area contributed by atoms with Gasteiger partial charge in [-0.2, -0.15) is 0 Å². The standard InChI is InChI=1S/C14H21NO2/c1-3-5-6-9-15-10-7-8-12(11-14(16)17)13(15)4-2/h7-8,10H,3-6,9,11H2,1-2H3/p+1. The van der Waals surface area contributed by atoms with Crippen LogP contribution in [0.15, 0.2) is 18.3 Å². The molecule has 1 heterocycles. The smallest absolute Gasteiger partial charge is 0.308 e. The highest BCUT2D eigenvalue weighted by atomic mass is 16.4. The lowest BCUT2D eigenvalue weighted by Gasteiger charge is -2.06. The molecule has 0 aliphatic heterocycles. The molecule has 0 unspecified atom stereocenters. The van der Waals surface area contributed by atoms with Crippen LogP contribution in [0.5, 0.6) is 0 Å². The summed E-state index contributed by atoms with van der Waals surface area (Å²) in [4.78, 5) is 10.8. The Balaban J connectivity index is 2.85. The molecule has 0 amide bonds. The summed E-state index contributed by atoms with van der Waals surface area (Å²) in [5.74, 6) is -0.758. The Bertz CT molecular complexity index is 374. The number of hydrogen-bond donors (Lipinski definition) is 1. The van der Waals surface area contributed by atoms with Crippen molar-refractivity contribution >= 4 is 5.97 Å². The zero-order valence-corrected chi connectivity index (χ0v) is 10.8. The van der Waals surface area contributed by atoms with Crippen molar-refractivity contribution in [2.75, 3.05) is 0 Å². The molecule has 3 heteroatoms. The Hall–Kier alpha value is -1.38. The van der Waals surface area contributed by atoms with E-state index in [2.05, 4.69) is 24.6 Å². The molecule has 0 aliphatic carbocycles. The molecule has 0 bridgehead atoms. The van der Waals surface area contributed by atoms with Gasteiger partial charge in [-0.1, -0.05) is 20.3 Å². The molecule has 17 heavy (non-hydrogen) atoms. The van der Waals surface area contributed by atoms with Gasteiger partial charge in [0.15, 0.2) is 11.9 Å². The topological polar surface area (TPSA) is 41.2 Å². The number of hydrogen-bond acceptors (Lipinski definition) is 1. The highest BCUT2D eigenvalue weighted by Gasteiger charge is 2.15. The van der Waals surface area contributed by atoms with Crippen LogP contribution in [0.2, 0.25) is 0 Å². The first-order chi connectivity index (χ1) is 8.19. The number of nitrogens with zero attached hydrogens (tertiary/aromatic N) is 1. The van der Waals surface area contributed by atoms with Crippen molar-refractivity contribution in [2.45, 2.75) is 52.5 Å². The van der Waals surface area contributed by atoms with E-state index in [1.54, 1.807) is 0 Å². The van der Waals surface area contributed by atoms with Crippen molar-refractivity contribution in [3.8, 4) is 0 Å². The number of unbranched alkanes of at least 4 members (excludes halogenated alkanes) is 2. The number of aliphatic carboxylic acids is 1. The predicted molar refractivity (Wildman–Crippen MR) is 66.9 cm³/mol. The summed E-state index contributed by atoms with van der Waals surface area (Å²) in [6.07, 6.45) is 6.65. The zero-order chi connectivity index (χ0) is 12.7. The molecule has 0 atom stereocenters. The molecule has 1 aromatic heterocycles. The lowest BCUT2D eigenvalue weighted by atomic mass is 10.1. The summed E-state index contributed by atoms with van der Waals surface area (Å²) in [7, 11) is 0. The van der Waals surface area contributed by atoms with Crippen molar-refractivity contribution in [1.29, 1.82) is 0 Å². The Morgan fingerprint density at radius 2 is 2.12 bits per heavy atom. The molecule has 0 spiro atoms. The van der Waals surface area contributed by atoms with Crippen molar-refractivity contribution in [2.24, 2.45) is 0 Å². The SMILES string of the molecule is CCCCC[n+]1cccc(CC(=O)O)c1CC. The second-order valence-corrected chi connectivity index (χ2v) is 4.30. The van der Waals surface area contributed by atoms with E-state index in [4.69, 9.17) is 5.11 Å². The van der Waals surface area contributed by atoms with Crippen LogP contribution in [0, 0.1) is 0 Å². The van der Waals surface area contributed by atoms with E-state index in [0.29, 0.717) is 0 Å². The molecule has 3 nitrogen and oxygen atoms in total. The Labute approximate surface area is 103 Å². The van der Waals surface area contributed by atoms with Crippen molar-refractivity contribution in [3.63, 3.8) is 0 Å². The summed E-state index contributed by atoms with van der Waals surface area (Å²) in [6.45, 7) is 5.26. The van der Waals surface area contributed by atoms with Gasteiger partial charge in [0.25, 0.3) is 0 Å². The second-order valence-electron chi connectivity index (χ2n) is 4.30. The zero-order valence-electron chi connectivity index (χ0n) is 10.8. The fourth-order valence-corrected chi connectivity index (χ4v) is 2.13. The fraction of sp³-hybridized carbons (Fsp3) is 0.571. The number of rotatable bonds is 7. The second kappa shape index (κ2) is 7.05. The summed E-state index contributed by atoms with van der Waals surface area (Å²) < 4.78 is 2.20. The van der Waals surface area contributed by atoms with Gasteiger partial charge in [0.1, 0.15) is 6.54 Å². The van der Waals surface area contributed by atoms with E-state index >= 15 is 0 Å². The van der Waals surface area contributed by atoms with Crippen LogP contribution >= 0.6 is 0 Å². The summed E-state index contributed by atoms with van der Waals surface area (Å²) >= 11 is 0. The number of aromatic nitrogens is 1. The maximum atomic E-state index is 10.8. The van der Waals surface area contributed by atoms with Gasteiger partial charge in [0.2, 0.25) is 0 Å². The molecule has 0 fully saturated rings. The summed E-state index contributed by atoms with van der Waals surface area (Å²) in [6, 6.07) is 3.87. The molecule has 1 rings (SSSR count). The van der Waals surface area contributed by atoms with Crippen LogP contribution < -0.4 is 4.57 Å². The van der Waals surface area contributed by atoms with Gasteiger partial charge in [0, 0.05) is 24.5 Å². The van der Waals surface area contributed by atoms with Gasteiger partial charge < -0.3 is 5.11 Å². The first-order valence-corrected chi connectivity index (χ1v) is 6.41. The van der Waals surface area contributed by atoms with Crippen LogP contribution in [0.1, 0.15) is 44.4 Å². The minimum Gasteiger partial charge on any atom is -0.481 e. The molecule has 1 aromatic rings. The Morgan fingerprint density at radius 3 is 2.71 bits per heavy atom. The van der Waals surface area contributed by atoms with E-state index in [1.807, 2.05) is 12.1 Å². The molecular formula is C14H22NO2+. The molecule has 0 saturated carbocycles. The van der Waals surface area contributed by atoms with Crippen LogP contribution in [-0.4, -0.2) is 11.1 Å². The number of carboxylic acid groups (broad SMARTS) is 1. The van der Waals surface area contributed by atoms with Crippen molar-refractivity contribution in [3.05, 3.63) is 29.6 Å². The third-order valence-corrected chi connectivity index (χ3v) is 2.96. The number of carboxylic acids is 1. The minimum atomic E-state index is -0.758. The molecule has 0 radical (unpaired) electrons. The van der Waals surface area contributed by atoms with Crippen LogP contribution in [-0.2, 0) is 24.2 Å². The van der Waals surface area contributed by atoms with Gasteiger partial charge in [-0.25, -0.2) is 4.57 Å². The lowest BCUT2D eigenvalue weighted by Crippen LogP contribution is -2.39. The van der Waals surface area contributed by atoms with E-state index in [9.17, 15) is 4.79 Å². The number of aryl methyl sites for hydroxylation is 1. The van der Waals surface area contributed by atoms with E-state index in [1.165, 1.54) is 12.8 Å². The highest BCUT2D eigenvalue weighted by molar-refractivity contribution is 5.70. The summed E-state index contributed by atoms with van der Waals surface area (Å²) in [5, 5.41) is 8.88. The fourth-order valence-electron chi connectivity index (χ4n) is 2.13. The molecular weight excluding hydrogens is 214 g/mol. The van der Waals surface area contributed by atoms with Crippen LogP contribution in [0.4, 0.5) is 0 Å². The van der Waals surface area contributed by atoms with Crippen molar-refractivity contribution < 1.29 is 14.5 Å².